The molecule has 0 aliphatic carbocycles. The largest absolute Gasteiger partial charge is 0.469 e. The van der Waals surface area contributed by atoms with Crippen molar-refractivity contribution in [2.24, 2.45) is 0 Å². The quantitative estimate of drug-likeness (QED) is 0.545. The molecular weight excluding hydrogens is 286 g/mol. The van der Waals surface area contributed by atoms with Gasteiger partial charge >= 0.3 is 5.97 Å². The Kier molecular flexibility index (Phi) is 7.88. The van der Waals surface area contributed by atoms with Crippen LogP contribution in [-0.2, 0) is 16.1 Å². The molecule has 1 aromatic heterocycles. The van der Waals surface area contributed by atoms with Gasteiger partial charge in [-0.15, -0.1) is 0 Å². The van der Waals surface area contributed by atoms with Crippen LogP contribution in [0.1, 0.15) is 49.5 Å². The number of nitrogens with one attached hydrogen (secondary N) is 1. The van der Waals surface area contributed by atoms with Crippen LogP contribution in [0, 0.1) is 0 Å². The van der Waals surface area contributed by atoms with Crippen molar-refractivity contribution in [3.05, 3.63) is 28.2 Å². The normalized spacial score (nSPS) is 10.3. The molecule has 1 aromatic rings. The zero-order valence-electron chi connectivity index (χ0n) is 13.1. The molecule has 122 valence electrons. The van der Waals surface area contributed by atoms with Crippen LogP contribution < -0.4 is 10.9 Å². The molecule has 22 heavy (non-hydrogen) atoms. The molecule has 0 unspecified atom stereocenters. The number of hydrogen-bond acceptors (Lipinski definition) is 5. The first-order chi connectivity index (χ1) is 10.6. The molecule has 0 radical (unpaired) electrons. The van der Waals surface area contributed by atoms with E-state index in [1.807, 2.05) is 6.92 Å². The maximum atomic E-state index is 11.9. The van der Waals surface area contributed by atoms with Crippen molar-refractivity contribution >= 4 is 11.9 Å². The number of nitrogens with zero attached hydrogens (tertiary/aromatic N) is 2. The number of aryl methyl sites for hydroxylation is 1. The van der Waals surface area contributed by atoms with Crippen molar-refractivity contribution in [2.45, 2.75) is 45.6 Å². The van der Waals surface area contributed by atoms with Gasteiger partial charge in [0.05, 0.1) is 7.11 Å². The highest BCUT2D eigenvalue weighted by Crippen LogP contribution is 2.00. The second-order valence-corrected chi connectivity index (χ2v) is 4.92. The Morgan fingerprint density at radius 1 is 1.27 bits per heavy atom. The van der Waals surface area contributed by atoms with Crippen molar-refractivity contribution in [3.63, 3.8) is 0 Å². The first-order valence-electron chi connectivity index (χ1n) is 7.51. The first-order valence-corrected chi connectivity index (χ1v) is 7.51. The summed E-state index contributed by atoms with van der Waals surface area (Å²) in [5.74, 6) is -0.510. The van der Waals surface area contributed by atoms with E-state index in [4.69, 9.17) is 0 Å². The van der Waals surface area contributed by atoms with Crippen LogP contribution >= 0.6 is 0 Å². The highest BCUT2D eigenvalue weighted by atomic mass is 16.5. The van der Waals surface area contributed by atoms with E-state index < -0.39 is 0 Å². The van der Waals surface area contributed by atoms with Crippen molar-refractivity contribution in [1.82, 2.24) is 15.1 Å². The fraction of sp³-hybridized carbons (Fsp3) is 0.600. The zero-order chi connectivity index (χ0) is 16.4. The standard InChI is InChI=1S/C15H23N3O4/c1-3-11-18-13(19)9-8-12(17-18)15(21)16-10-6-4-5-7-14(20)22-2/h8-9H,3-7,10-11H2,1-2H3,(H,16,21). The molecule has 0 atom stereocenters. The summed E-state index contributed by atoms with van der Waals surface area (Å²) >= 11 is 0. The van der Waals surface area contributed by atoms with E-state index in [-0.39, 0.29) is 23.1 Å². The maximum Gasteiger partial charge on any atom is 0.305 e. The number of aromatic nitrogens is 2. The average Bonchev–Trinajstić information content (AvgIpc) is 2.52. The Hall–Kier alpha value is -2.18. The van der Waals surface area contributed by atoms with Crippen LogP contribution in [-0.4, -0.2) is 35.3 Å². The second-order valence-electron chi connectivity index (χ2n) is 4.92. The van der Waals surface area contributed by atoms with Crippen LogP contribution in [0.2, 0.25) is 0 Å². The third kappa shape index (κ3) is 6.07. The predicted octanol–water partition coefficient (Wildman–Crippen LogP) is 1.12. The average molecular weight is 309 g/mol. The molecule has 0 bridgehead atoms. The minimum atomic E-state index is -0.294. The highest BCUT2D eigenvalue weighted by Gasteiger charge is 2.08. The lowest BCUT2D eigenvalue weighted by molar-refractivity contribution is -0.140. The van der Waals surface area contributed by atoms with Gasteiger partial charge in [-0.05, 0) is 25.3 Å². The molecule has 0 aromatic carbocycles. The number of carbonyl (C=O) groups is 2. The number of rotatable bonds is 9. The Morgan fingerprint density at radius 3 is 2.73 bits per heavy atom. The van der Waals surface area contributed by atoms with E-state index in [2.05, 4.69) is 15.2 Å². The van der Waals surface area contributed by atoms with Gasteiger partial charge in [-0.2, -0.15) is 5.10 Å². The highest BCUT2D eigenvalue weighted by molar-refractivity contribution is 5.91. The summed E-state index contributed by atoms with van der Waals surface area (Å²) in [6, 6.07) is 2.79. The van der Waals surface area contributed by atoms with Gasteiger partial charge in [0.25, 0.3) is 11.5 Å². The molecule has 1 amide bonds. The van der Waals surface area contributed by atoms with Gasteiger partial charge in [0, 0.05) is 25.6 Å². The number of amides is 1. The van der Waals surface area contributed by atoms with E-state index in [1.165, 1.54) is 23.9 Å². The molecule has 1 rings (SSSR count). The van der Waals surface area contributed by atoms with Gasteiger partial charge in [-0.1, -0.05) is 13.3 Å². The Labute approximate surface area is 129 Å². The minimum Gasteiger partial charge on any atom is -0.469 e. The molecular formula is C15H23N3O4. The number of esters is 1. The summed E-state index contributed by atoms with van der Waals surface area (Å²) in [6.45, 7) is 2.94. The Morgan fingerprint density at radius 2 is 2.05 bits per heavy atom. The van der Waals surface area contributed by atoms with Crippen molar-refractivity contribution in [2.75, 3.05) is 13.7 Å². The zero-order valence-corrected chi connectivity index (χ0v) is 13.1. The van der Waals surface area contributed by atoms with Gasteiger partial charge in [0.15, 0.2) is 0 Å². The van der Waals surface area contributed by atoms with E-state index in [0.29, 0.717) is 19.5 Å². The maximum absolute atomic E-state index is 11.9. The van der Waals surface area contributed by atoms with Crippen molar-refractivity contribution in [3.8, 4) is 0 Å². The molecule has 1 heterocycles. The molecule has 7 heteroatoms. The first kappa shape index (κ1) is 17.9. The van der Waals surface area contributed by atoms with Crippen molar-refractivity contribution < 1.29 is 14.3 Å². The fourth-order valence-corrected chi connectivity index (χ4v) is 1.91. The number of carbonyl (C=O) groups excluding carboxylic acids is 2. The smallest absolute Gasteiger partial charge is 0.305 e. The van der Waals surface area contributed by atoms with Crippen LogP contribution in [0.15, 0.2) is 16.9 Å². The van der Waals surface area contributed by atoms with Gasteiger partial charge in [0.2, 0.25) is 0 Å². The summed E-state index contributed by atoms with van der Waals surface area (Å²) in [5, 5.41) is 6.80. The Balaban J connectivity index is 2.35. The summed E-state index contributed by atoms with van der Waals surface area (Å²) in [5.41, 5.74) is 0.0313. The minimum absolute atomic E-state index is 0.207. The number of unbranched alkanes of at least 4 members (excludes halogenated alkanes) is 2. The van der Waals surface area contributed by atoms with Crippen LogP contribution in [0.4, 0.5) is 0 Å². The van der Waals surface area contributed by atoms with Gasteiger partial charge < -0.3 is 10.1 Å². The van der Waals surface area contributed by atoms with E-state index >= 15 is 0 Å². The molecule has 0 saturated heterocycles. The molecule has 0 saturated carbocycles. The summed E-state index contributed by atoms with van der Waals surface area (Å²) in [4.78, 5) is 34.4. The lowest BCUT2D eigenvalue weighted by Gasteiger charge is -2.07. The topological polar surface area (TPSA) is 90.3 Å². The van der Waals surface area contributed by atoms with Crippen LogP contribution in [0.3, 0.4) is 0 Å². The lowest BCUT2D eigenvalue weighted by atomic mass is 10.2. The molecule has 0 aliphatic heterocycles. The molecule has 7 nitrogen and oxygen atoms in total. The summed E-state index contributed by atoms with van der Waals surface area (Å²) in [7, 11) is 1.37. The van der Waals surface area contributed by atoms with Crippen LogP contribution in [0.25, 0.3) is 0 Å². The third-order valence-electron chi connectivity index (χ3n) is 3.11. The van der Waals surface area contributed by atoms with Gasteiger partial charge in [-0.3, -0.25) is 14.4 Å². The summed E-state index contributed by atoms with van der Waals surface area (Å²) < 4.78 is 5.85. The lowest BCUT2D eigenvalue weighted by Crippen LogP contribution is -2.30. The van der Waals surface area contributed by atoms with E-state index in [9.17, 15) is 14.4 Å². The fourth-order valence-electron chi connectivity index (χ4n) is 1.91. The number of ether oxygens (including phenoxy) is 1. The SMILES string of the molecule is CCCn1nc(C(=O)NCCCCCC(=O)OC)ccc1=O. The van der Waals surface area contributed by atoms with E-state index in [1.54, 1.807) is 0 Å². The van der Waals surface area contributed by atoms with E-state index in [0.717, 1.165) is 25.7 Å². The summed E-state index contributed by atoms with van der Waals surface area (Å²) in [6.07, 6.45) is 3.52. The Bertz CT molecular complexity index is 554. The molecule has 0 spiro atoms. The molecule has 0 aliphatic rings. The number of methoxy groups -OCH3 is 1. The second kappa shape index (κ2) is 9.70. The van der Waals surface area contributed by atoms with Crippen LogP contribution in [0.5, 0.6) is 0 Å². The number of hydrogen-bond donors (Lipinski definition) is 1. The third-order valence-corrected chi connectivity index (χ3v) is 3.11. The van der Waals surface area contributed by atoms with Crippen molar-refractivity contribution in [1.29, 1.82) is 0 Å². The predicted molar refractivity (Wildman–Crippen MR) is 81.6 cm³/mol. The molecule has 1 N–H and O–H groups in total. The monoisotopic (exact) mass is 309 g/mol. The van der Waals surface area contributed by atoms with Gasteiger partial charge in [0.1, 0.15) is 5.69 Å². The molecule has 0 fully saturated rings. The van der Waals surface area contributed by atoms with Gasteiger partial charge in [-0.25, -0.2) is 4.68 Å².